The van der Waals surface area contributed by atoms with E-state index in [1.54, 1.807) is 24.5 Å². The van der Waals surface area contributed by atoms with Gasteiger partial charge in [0.25, 0.3) is 0 Å². The highest BCUT2D eigenvalue weighted by Crippen LogP contribution is 2.04. The van der Waals surface area contributed by atoms with Gasteiger partial charge in [-0.25, -0.2) is 0 Å². The van der Waals surface area contributed by atoms with Crippen molar-refractivity contribution in [1.82, 2.24) is 4.90 Å². The van der Waals surface area contributed by atoms with Crippen LogP contribution in [0, 0.1) is 0 Å². The van der Waals surface area contributed by atoms with Crippen LogP contribution in [0.2, 0.25) is 0 Å². The highest BCUT2D eigenvalue weighted by Gasteiger charge is 2.10. The van der Waals surface area contributed by atoms with E-state index in [-0.39, 0.29) is 18.2 Å². The molecule has 0 atom stereocenters. The van der Waals surface area contributed by atoms with Crippen LogP contribution in [0.1, 0.15) is 12.2 Å². The number of carbonyl (C=O) groups excluding carboxylic acids is 1. The SMILES string of the molecule is Cl.O=C(C=Cc1ccco1)CCN1CCOCC1. The third kappa shape index (κ3) is 5.04. The molecule has 0 unspecified atom stereocenters. The minimum absolute atomic E-state index is 0. The minimum Gasteiger partial charge on any atom is -0.465 e. The van der Waals surface area contributed by atoms with E-state index in [1.165, 1.54) is 0 Å². The molecule has 2 heterocycles. The Bertz CT molecular complexity index is 370. The number of furan rings is 1. The Labute approximate surface area is 113 Å². The van der Waals surface area contributed by atoms with Gasteiger partial charge in [0.15, 0.2) is 5.78 Å². The van der Waals surface area contributed by atoms with E-state index >= 15 is 0 Å². The molecule has 0 aromatic carbocycles. The van der Waals surface area contributed by atoms with Gasteiger partial charge in [0.1, 0.15) is 5.76 Å². The van der Waals surface area contributed by atoms with E-state index in [0.717, 1.165) is 32.8 Å². The van der Waals surface area contributed by atoms with Gasteiger partial charge in [-0.15, -0.1) is 12.4 Å². The third-order valence-electron chi connectivity index (χ3n) is 2.75. The quantitative estimate of drug-likeness (QED) is 0.769. The van der Waals surface area contributed by atoms with Crippen LogP contribution in [-0.4, -0.2) is 43.5 Å². The first-order valence-electron chi connectivity index (χ1n) is 5.89. The van der Waals surface area contributed by atoms with Crippen molar-refractivity contribution in [2.45, 2.75) is 6.42 Å². The molecule has 0 saturated carbocycles. The maximum absolute atomic E-state index is 11.6. The first-order valence-corrected chi connectivity index (χ1v) is 5.89. The molecule has 0 spiro atoms. The molecule has 18 heavy (non-hydrogen) atoms. The Balaban J connectivity index is 0.00000162. The number of morpholine rings is 1. The molecule has 0 aliphatic carbocycles. The minimum atomic E-state index is 0. The number of ether oxygens (including phenoxy) is 1. The highest BCUT2D eigenvalue weighted by atomic mass is 35.5. The second kappa shape index (κ2) is 8.08. The highest BCUT2D eigenvalue weighted by molar-refractivity contribution is 5.93. The third-order valence-corrected chi connectivity index (χ3v) is 2.75. The summed E-state index contributed by atoms with van der Waals surface area (Å²) in [7, 11) is 0. The molecule has 5 heteroatoms. The van der Waals surface area contributed by atoms with E-state index in [1.807, 2.05) is 6.07 Å². The van der Waals surface area contributed by atoms with Crippen molar-refractivity contribution >= 4 is 24.3 Å². The number of carbonyl (C=O) groups is 1. The molecule has 0 bridgehead atoms. The van der Waals surface area contributed by atoms with Crippen molar-refractivity contribution < 1.29 is 13.9 Å². The summed E-state index contributed by atoms with van der Waals surface area (Å²) in [5, 5.41) is 0. The molecule has 1 fully saturated rings. The van der Waals surface area contributed by atoms with Crippen LogP contribution < -0.4 is 0 Å². The number of nitrogens with zero attached hydrogens (tertiary/aromatic N) is 1. The standard InChI is InChI=1S/C13H17NO3.ClH/c15-12(3-4-13-2-1-9-17-13)5-6-14-7-10-16-11-8-14;/h1-4,9H,5-8,10-11H2;1H. The lowest BCUT2D eigenvalue weighted by Crippen LogP contribution is -2.37. The number of allylic oxidation sites excluding steroid dienone is 1. The summed E-state index contributed by atoms with van der Waals surface area (Å²) < 4.78 is 10.4. The van der Waals surface area contributed by atoms with Crippen LogP contribution in [0.15, 0.2) is 28.9 Å². The van der Waals surface area contributed by atoms with Gasteiger partial charge < -0.3 is 9.15 Å². The van der Waals surface area contributed by atoms with E-state index in [9.17, 15) is 4.79 Å². The number of halogens is 1. The summed E-state index contributed by atoms with van der Waals surface area (Å²) in [5.41, 5.74) is 0. The van der Waals surface area contributed by atoms with Gasteiger partial charge in [-0.3, -0.25) is 9.69 Å². The van der Waals surface area contributed by atoms with Crippen LogP contribution >= 0.6 is 12.4 Å². The van der Waals surface area contributed by atoms with Gasteiger partial charge in [-0.1, -0.05) is 0 Å². The maximum atomic E-state index is 11.6. The Morgan fingerprint density at radius 1 is 1.39 bits per heavy atom. The summed E-state index contributed by atoms with van der Waals surface area (Å²) in [6, 6.07) is 3.63. The second-order valence-electron chi connectivity index (χ2n) is 4.02. The normalized spacial score (nSPS) is 16.7. The predicted molar refractivity (Wildman–Crippen MR) is 71.9 cm³/mol. The molecule has 4 nitrogen and oxygen atoms in total. The van der Waals surface area contributed by atoms with Gasteiger partial charge in [0.2, 0.25) is 0 Å². The van der Waals surface area contributed by atoms with Crippen molar-refractivity contribution in [3.63, 3.8) is 0 Å². The topological polar surface area (TPSA) is 42.7 Å². The Kier molecular flexibility index (Phi) is 6.72. The summed E-state index contributed by atoms with van der Waals surface area (Å²) in [4.78, 5) is 13.8. The molecule has 0 radical (unpaired) electrons. The van der Waals surface area contributed by atoms with Crippen molar-refractivity contribution in [2.75, 3.05) is 32.8 Å². The second-order valence-corrected chi connectivity index (χ2v) is 4.02. The smallest absolute Gasteiger partial charge is 0.157 e. The molecule has 1 aliphatic heterocycles. The summed E-state index contributed by atoms with van der Waals surface area (Å²) in [6.45, 7) is 4.21. The molecule has 1 saturated heterocycles. The fourth-order valence-electron chi connectivity index (χ4n) is 1.74. The Hall–Kier alpha value is -1.10. The van der Waals surface area contributed by atoms with Crippen molar-refractivity contribution in [3.8, 4) is 0 Å². The van der Waals surface area contributed by atoms with E-state index in [4.69, 9.17) is 9.15 Å². The van der Waals surface area contributed by atoms with Crippen molar-refractivity contribution in [3.05, 3.63) is 30.2 Å². The molecule has 0 amide bonds. The zero-order valence-electron chi connectivity index (χ0n) is 10.2. The number of ketones is 1. The van der Waals surface area contributed by atoms with E-state index in [0.29, 0.717) is 12.2 Å². The summed E-state index contributed by atoms with van der Waals surface area (Å²) in [6.07, 6.45) is 5.44. The lowest BCUT2D eigenvalue weighted by atomic mass is 10.2. The first kappa shape index (κ1) is 15.0. The van der Waals surface area contributed by atoms with Gasteiger partial charge >= 0.3 is 0 Å². The zero-order chi connectivity index (χ0) is 11.9. The first-order chi connectivity index (χ1) is 8.34. The average Bonchev–Trinajstić information content (AvgIpc) is 2.88. The van der Waals surface area contributed by atoms with E-state index < -0.39 is 0 Å². The molecule has 1 aromatic heterocycles. The van der Waals surface area contributed by atoms with Crippen molar-refractivity contribution in [2.24, 2.45) is 0 Å². The maximum Gasteiger partial charge on any atom is 0.157 e. The lowest BCUT2D eigenvalue weighted by Gasteiger charge is -2.25. The Morgan fingerprint density at radius 3 is 2.83 bits per heavy atom. The fraction of sp³-hybridized carbons (Fsp3) is 0.462. The van der Waals surface area contributed by atoms with Crippen LogP contribution in [0.3, 0.4) is 0 Å². The zero-order valence-corrected chi connectivity index (χ0v) is 11.0. The molecular formula is C13H18ClNO3. The van der Waals surface area contributed by atoms with Crippen molar-refractivity contribution in [1.29, 1.82) is 0 Å². The van der Waals surface area contributed by atoms with Crippen LogP contribution in [0.5, 0.6) is 0 Å². The summed E-state index contributed by atoms with van der Waals surface area (Å²) in [5.74, 6) is 0.845. The molecule has 2 rings (SSSR count). The number of rotatable bonds is 5. The van der Waals surface area contributed by atoms with Gasteiger partial charge in [-0.2, -0.15) is 0 Å². The lowest BCUT2D eigenvalue weighted by molar-refractivity contribution is -0.115. The molecule has 1 aromatic rings. The van der Waals surface area contributed by atoms with Gasteiger partial charge in [-0.05, 0) is 24.3 Å². The molecular weight excluding hydrogens is 254 g/mol. The molecule has 1 aliphatic rings. The van der Waals surface area contributed by atoms with Crippen LogP contribution in [0.4, 0.5) is 0 Å². The van der Waals surface area contributed by atoms with Crippen LogP contribution in [0.25, 0.3) is 6.08 Å². The number of hydrogen-bond acceptors (Lipinski definition) is 4. The monoisotopic (exact) mass is 271 g/mol. The largest absolute Gasteiger partial charge is 0.465 e. The molecule has 100 valence electrons. The average molecular weight is 272 g/mol. The summed E-state index contributed by atoms with van der Waals surface area (Å²) >= 11 is 0. The van der Waals surface area contributed by atoms with E-state index in [2.05, 4.69) is 4.90 Å². The van der Waals surface area contributed by atoms with Gasteiger partial charge in [0.05, 0.1) is 19.5 Å². The Morgan fingerprint density at radius 2 is 2.17 bits per heavy atom. The fourth-order valence-corrected chi connectivity index (χ4v) is 1.74. The molecule has 0 N–H and O–H groups in total. The predicted octanol–water partition coefficient (Wildman–Crippen LogP) is 2.01. The number of hydrogen-bond donors (Lipinski definition) is 0. The van der Waals surface area contributed by atoms with Gasteiger partial charge in [0, 0.05) is 26.1 Å². The van der Waals surface area contributed by atoms with Crippen LogP contribution in [-0.2, 0) is 9.53 Å².